The van der Waals surface area contributed by atoms with Crippen molar-refractivity contribution in [1.82, 2.24) is 0 Å². The Hall–Kier alpha value is -3.17. The second kappa shape index (κ2) is 27.9. The zero-order valence-corrected chi connectivity index (χ0v) is 23.9. The molecule has 0 rings (SSSR count). The monoisotopic (exact) mass is 556 g/mol. The van der Waals surface area contributed by atoms with Crippen molar-refractivity contribution in [2.75, 3.05) is 20.3 Å². The van der Waals surface area contributed by atoms with Crippen LogP contribution in [-0.2, 0) is 33.2 Å². The molecule has 0 aromatic heterocycles. The van der Waals surface area contributed by atoms with Crippen LogP contribution in [0.15, 0.2) is 37.2 Å². The standard InChI is InChI=1S/C29H48O10/c1-4-6-8-10-12-14-16-18-20-34-27(30)37-24-26(25-38-28(31)36-23-22-33-3)39-29(32)35-21-19-17-15-13-11-9-7-5-2/h18-23,26H,4-17,24-25H2,1-3H3/b20-18-,21-19-,23-22-. The molecule has 0 radical (unpaired) electrons. The van der Waals surface area contributed by atoms with E-state index in [4.69, 9.17) is 23.7 Å². The molecule has 0 spiro atoms. The van der Waals surface area contributed by atoms with Gasteiger partial charge in [-0.25, -0.2) is 14.4 Å². The van der Waals surface area contributed by atoms with E-state index in [9.17, 15) is 14.4 Å². The third kappa shape index (κ3) is 26.2. The van der Waals surface area contributed by atoms with Crippen molar-refractivity contribution in [3.8, 4) is 0 Å². The van der Waals surface area contributed by atoms with Crippen LogP contribution < -0.4 is 0 Å². The van der Waals surface area contributed by atoms with Gasteiger partial charge in [0.25, 0.3) is 0 Å². The molecule has 0 aliphatic heterocycles. The van der Waals surface area contributed by atoms with E-state index in [2.05, 4.69) is 23.3 Å². The van der Waals surface area contributed by atoms with Crippen molar-refractivity contribution >= 4 is 18.5 Å². The Balaban J connectivity index is 4.45. The van der Waals surface area contributed by atoms with Crippen molar-refractivity contribution in [3.63, 3.8) is 0 Å². The quantitative estimate of drug-likeness (QED) is 0.0525. The molecular weight excluding hydrogens is 508 g/mol. The van der Waals surface area contributed by atoms with Crippen LogP contribution in [0.1, 0.15) is 104 Å². The maximum atomic E-state index is 12.0. The number of rotatable bonds is 23. The second-order valence-electron chi connectivity index (χ2n) is 8.83. The van der Waals surface area contributed by atoms with Gasteiger partial charge in [-0.2, -0.15) is 0 Å². The molecule has 224 valence electrons. The number of allylic oxidation sites excluding steroid dienone is 2. The summed E-state index contributed by atoms with van der Waals surface area (Å²) in [4.78, 5) is 35.5. The molecule has 0 N–H and O–H groups in total. The molecule has 0 aromatic rings. The van der Waals surface area contributed by atoms with E-state index in [1.54, 1.807) is 12.2 Å². The van der Waals surface area contributed by atoms with Gasteiger partial charge in [-0.15, -0.1) is 0 Å². The molecule has 10 nitrogen and oxygen atoms in total. The molecule has 0 aromatic carbocycles. The van der Waals surface area contributed by atoms with E-state index in [0.717, 1.165) is 51.0 Å². The summed E-state index contributed by atoms with van der Waals surface area (Å²) >= 11 is 0. The number of unbranched alkanes of at least 4 members (excludes halogenated alkanes) is 12. The number of hydrogen-bond acceptors (Lipinski definition) is 10. The van der Waals surface area contributed by atoms with E-state index in [1.165, 1.54) is 71.0 Å². The number of ether oxygens (including phenoxy) is 7. The first-order chi connectivity index (χ1) is 19.0. The Morgan fingerprint density at radius 1 is 0.564 bits per heavy atom. The summed E-state index contributed by atoms with van der Waals surface area (Å²) in [6.45, 7) is 3.48. The summed E-state index contributed by atoms with van der Waals surface area (Å²) in [5, 5.41) is 0. The highest BCUT2D eigenvalue weighted by Gasteiger charge is 2.21. The van der Waals surface area contributed by atoms with Gasteiger partial charge in [-0.3, -0.25) is 0 Å². The van der Waals surface area contributed by atoms with E-state index in [-0.39, 0.29) is 0 Å². The Morgan fingerprint density at radius 2 is 1.00 bits per heavy atom. The lowest BCUT2D eigenvalue weighted by molar-refractivity contribution is -0.0306. The SMILES string of the molecule is CCCCCCCC/C=C\OC(=O)OCC(COC(=O)O/C=C\OC)OC(=O)O/C=C\CCCCCCCC. The highest BCUT2D eigenvalue weighted by atomic mass is 16.8. The lowest BCUT2D eigenvalue weighted by atomic mass is 10.1. The van der Waals surface area contributed by atoms with Crippen molar-refractivity contribution in [1.29, 1.82) is 0 Å². The zero-order valence-electron chi connectivity index (χ0n) is 23.9. The molecule has 0 bridgehead atoms. The predicted molar refractivity (Wildman–Crippen MR) is 147 cm³/mol. The minimum atomic E-state index is -1.15. The number of carbonyl (C=O) groups is 3. The van der Waals surface area contributed by atoms with Gasteiger partial charge < -0.3 is 33.2 Å². The molecule has 0 saturated heterocycles. The smallest absolute Gasteiger partial charge is 0.501 e. The number of carbonyl (C=O) groups excluding carboxylic acids is 3. The predicted octanol–water partition coefficient (Wildman–Crippen LogP) is 8.46. The third-order valence-electron chi connectivity index (χ3n) is 5.36. The highest BCUT2D eigenvalue weighted by molar-refractivity contribution is 5.62. The maximum absolute atomic E-state index is 12.0. The maximum Gasteiger partial charge on any atom is 0.513 e. The van der Waals surface area contributed by atoms with Crippen molar-refractivity contribution in [2.45, 2.75) is 110 Å². The van der Waals surface area contributed by atoms with E-state index >= 15 is 0 Å². The largest absolute Gasteiger partial charge is 0.513 e. The van der Waals surface area contributed by atoms with Crippen LogP contribution in [0.25, 0.3) is 0 Å². The van der Waals surface area contributed by atoms with Gasteiger partial charge in [0.05, 0.1) is 19.6 Å². The number of methoxy groups -OCH3 is 1. The van der Waals surface area contributed by atoms with Gasteiger partial charge in [0.2, 0.25) is 0 Å². The summed E-state index contributed by atoms with van der Waals surface area (Å²) < 4.78 is 34.0. The molecule has 1 unspecified atom stereocenters. The van der Waals surface area contributed by atoms with Crippen LogP contribution in [0, 0.1) is 0 Å². The molecule has 0 aliphatic carbocycles. The van der Waals surface area contributed by atoms with Crippen LogP contribution in [-0.4, -0.2) is 44.9 Å². The Labute approximate surface area is 233 Å². The average molecular weight is 557 g/mol. The minimum absolute atomic E-state index is 0.429. The van der Waals surface area contributed by atoms with Crippen LogP contribution in [0.2, 0.25) is 0 Å². The molecule has 1 atom stereocenters. The minimum Gasteiger partial charge on any atom is -0.501 e. The molecule has 10 heteroatoms. The van der Waals surface area contributed by atoms with Gasteiger partial charge in [0.1, 0.15) is 25.7 Å². The fourth-order valence-electron chi connectivity index (χ4n) is 3.24. The van der Waals surface area contributed by atoms with Crippen LogP contribution >= 0.6 is 0 Å². The fraction of sp³-hybridized carbons (Fsp3) is 0.690. The second-order valence-corrected chi connectivity index (χ2v) is 8.83. The lowest BCUT2D eigenvalue weighted by Crippen LogP contribution is -2.30. The van der Waals surface area contributed by atoms with Gasteiger partial charge in [0, 0.05) is 0 Å². The van der Waals surface area contributed by atoms with Gasteiger partial charge in [-0.1, -0.05) is 78.1 Å². The molecule has 0 amide bonds. The van der Waals surface area contributed by atoms with Crippen LogP contribution in [0.4, 0.5) is 14.4 Å². The summed E-state index contributed by atoms with van der Waals surface area (Å²) in [5.41, 5.74) is 0. The normalized spacial score (nSPS) is 12.0. The Kier molecular flexibility index (Phi) is 25.6. The van der Waals surface area contributed by atoms with Crippen molar-refractivity contribution < 1.29 is 47.5 Å². The molecule has 39 heavy (non-hydrogen) atoms. The summed E-state index contributed by atoms with van der Waals surface area (Å²) in [6, 6.07) is 0. The van der Waals surface area contributed by atoms with Gasteiger partial charge in [0.15, 0.2) is 6.10 Å². The van der Waals surface area contributed by atoms with Crippen LogP contribution in [0.5, 0.6) is 0 Å². The number of hydrogen-bond donors (Lipinski definition) is 0. The summed E-state index contributed by atoms with van der Waals surface area (Å²) in [5.74, 6) is 0. The van der Waals surface area contributed by atoms with Crippen molar-refractivity contribution in [2.24, 2.45) is 0 Å². The van der Waals surface area contributed by atoms with E-state index in [1.807, 2.05) is 0 Å². The zero-order chi connectivity index (χ0) is 28.8. The highest BCUT2D eigenvalue weighted by Crippen LogP contribution is 2.09. The molecule has 0 heterocycles. The first-order valence-corrected chi connectivity index (χ1v) is 14.0. The summed E-state index contributed by atoms with van der Waals surface area (Å²) in [6.07, 6.45) is 19.4. The first kappa shape index (κ1) is 35.8. The summed E-state index contributed by atoms with van der Waals surface area (Å²) in [7, 11) is 1.38. The van der Waals surface area contributed by atoms with Gasteiger partial charge in [-0.05, 0) is 37.8 Å². The average Bonchev–Trinajstić information content (AvgIpc) is 2.92. The third-order valence-corrected chi connectivity index (χ3v) is 5.36. The molecular formula is C29H48O10. The fourth-order valence-corrected chi connectivity index (χ4v) is 3.24. The van der Waals surface area contributed by atoms with Gasteiger partial charge >= 0.3 is 18.5 Å². The molecule has 0 aliphatic rings. The lowest BCUT2D eigenvalue weighted by Gasteiger charge is -2.16. The van der Waals surface area contributed by atoms with Crippen molar-refractivity contribution in [3.05, 3.63) is 37.2 Å². The van der Waals surface area contributed by atoms with E-state index < -0.39 is 37.8 Å². The Morgan fingerprint density at radius 3 is 1.49 bits per heavy atom. The Bertz CT molecular complexity index is 702. The van der Waals surface area contributed by atoms with Crippen LogP contribution in [0.3, 0.4) is 0 Å². The molecule has 0 fully saturated rings. The molecule has 0 saturated carbocycles. The topological polar surface area (TPSA) is 116 Å². The first-order valence-electron chi connectivity index (χ1n) is 14.0. The van der Waals surface area contributed by atoms with E-state index in [0.29, 0.717) is 0 Å².